The van der Waals surface area contributed by atoms with Gasteiger partial charge in [-0.05, 0) is 42.0 Å². The molecule has 0 unspecified atom stereocenters. The van der Waals surface area contributed by atoms with E-state index in [2.05, 4.69) is 10.0 Å². The fourth-order valence-corrected chi connectivity index (χ4v) is 3.43. The van der Waals surface area contributed by atoms with Gasteiger partial charge in [-0.3, -0.25) is 9.59 Å². The van der Waals surface area contributed by atoms with E-state index in [0.717, 1.165) is 12.1 Å². The van der Waals surface area contributed by atoms with Crippen molar-refractivity contribution in [3.8, 4) is 0 Å². The number of carbonyl (C=O) groups is 2. The summed E-state index contributed by atoms with van der Waals surface area (Å²) in [6.45, 7) is 0.816. The Hall–Kier alpha value is -2.92. The Bertz CT molecular complexity index is 1000. The summed E-state index contributed by atoms with van der Waals surface area (Å²) in [6.07, 6.45) is -4.45. The molecule has 0 aliphatic heterocycles. The lowest BCUT2D eigenvalue weighted by molar-refractivity contribution is -0.137. The lowest BCUT2D eigenvalue weighted by Gasteiger charge is -2.18. The van der Waals surface area contributed by atoms with Crippen LogP contribution in [0.15, 0.2) is 53.4 Å². The van der Waals surface area contributed by atoms with Crippen LogP contribution in [0.2, 0.25) is 0 Å². The smallest absolute Gasteiger partial charge is 0.340 e. The second-order valence-corrected chi connectivity index (χ2v) is 8.24. The van der Waals surface area contributed by atoms with Gasteiger partial charge in [-0.25, -0.2) is 13.1 Å². The number of anilines is 1. The van der Waals surface area contributed by atoms with Gasteiger partial charge in [-0.2, -0.15) is 13.2 Å². The molecule has 2 rings (SSSR count). The zero-order valence-corrected chi connectivity index (χ0v) is 17.0. The number of amides is 2. The third-order valence-electron chi connectivity index (χ3n) is 4.03. The molecule has 0 fully saturated rings. The average Bonchev–Trinajstić information content (AvgIpc) is 2.66. The summed E-state index contributed by atoms with van der Waals surface area (Å²) in [6, 6.07) is 9.74. The highest BCUT2D eigenvalue weighted by atomic mass is 32.2. The number of carbonyl (C=O) groups excluding carboxylic acids is 2. The molecule has 2 aromatic rings. The largest absolute Gasteiger partial charge is 0.416 e. The Morgan fingerprint density at radius 1 is 1.00 bits per heavy atom. The van der Waals surface area contributed by atoms with E-state index in [9.17, 15) is 31.2 Å². The van der Waals surface area contributed by atoms with Crippen molar-refractivity contribution in [1.29, 1.82) is 0 Å². The van der Waals surface area contributed by atoms with Crippen molar-refractivity contribution in [2.75, 3.05) is 18.9 Å². The molecule has 2 aromatic carbocycles. The lowest BCUT2D eigenvalue weighted by atomic mass is 10.1. The molecule has 0 aromatic heterocycles. The molecule has 0 saturated heterocycles. The topological polar surface area (TPSA) is 95.6 Å². The Labute approximate surface area is 171 Å². The van der Waals surface area contributed by atoms with E-state index >= 15 is 0 Å². The second-order valence-electron chi connectivity index (χ2n) is 6.47. The van der Waals surface area contributed by atoms with Gasteiger partial charge in [0.25, 0.3) is 0 Å². The number of alkyl halides is 3. The van der Waals surface area contributed by atoms with Gasteiger partial charge in [-0.1, -0.05) is 12.1 Å². The first-order valence-electron chi connectivity index (χ1n) is 8.66. The van der Waals surface area contributed by atoms with Gasteiger partial charge in [-0.15, -0.1) is 0 Å². The summed E-state index contributed by atoms with van der Waals surface area (Å²) in [4.78, 5) is 24.3. The van der Waals surface area contributed by atoms with E-state index < -0.39 is 34.2 Å². The number of hydrogen-bond acceptors (Lipinski definition) is 4. The summed E-state index contributed by atoms with van der Waals surface area (Å²) in [5, 5.41) is 2.51. The molecule has 0 radical (unpaired) electrons. The monoisotopic (exact) mass is 443 g/mol. The third-order valence-corrected chi connectivity index (χ3v) is 5.44. The molecule has 0 spiro atoms. The number of hydrogen-bond donors (Lipinski definition) is 2. The number of nitrogens with zero attached hydrogens (tertiary/aromatic N) is 1. The fourth-order valence-electron chi connectivity index (χ4n) is 2.46. The van der Waals surface area contributed by atoms with Crippen LogP contribution in [0.3, 0.4) is 0 Å². The molecule has 30 heavy (non-hydrogen) atoms. The summed E-state index contributed by atoms with van der Waals surface area (Å²) in [5.74, 6) is -0.862. The quantitative estimate of drug-likeness (QED) is 0.688. The average molecular weight is 443 g/mol. The maximum Gasteiger partial charge on any atom is 0.416 e. The zero-order chi connectivity index (χ0) is 22.5. The van der Waals surface area contributed by atoms with E-state index in [4.69, 9.17) is 0 Å². The summed E-state index contributed by atoms with van der Waals surface area (Å²) in [7, 11) is -2.55. The summed E-state index contributed by atoms with van der Waals surface area (Å²) >= 11 is 0. The van der Waals surface area contributed by atoms with Crippen LogP contribution in [-0.2, 0) is 32.3 Å². The van der Waals surface area contributed by atoms with Crippen LogP contribution in [0.4, 0.5) is 18.9 Å². The van der Waals surface area contributed by atoms with Gasteiger partial charge >= 0.3 is 6.18 Å². The predicted octanol–water partition coefficient (Wildman–Crippen LogP) is 2.60. The van der Waals surface area contributed by atoms with Gasteiger partial charge < -0.3 is 10.2 Å². The van der Waals surface area contributed by atoms with Crippen molar-refractivity contribution in [3.05, 3.63) is 59.7 Å². The highest BCUT2D eigenvalue weighted by Gasteiger charge is 2.30. The van der Waals surface area contributed by atoms with Gasteiger partial charge in [0.2, 0.25) is 21.8 Å². The van der Waals surface area contributed by atoms with Crippen LogP contribution in [0.5, 0.6) is 0 Å². The van der Waals surface area contributed by atoms with E-state index in [1.165, 1.54) is 55.3 Å². The standard InChI is InChI=1S/C19H20F3N3O4S/c1-13(26)24-16-7-9-17(10-8-16)30(28,29)23-11-18(27)25(2)12-14-3-5-15(6-4-14)19(20,21)22/h3-10,23H,11-12H2,1-2H3,(H,24,26). The first-order valence-corrected chi connectivity index (χ1v) is 10.1. The molecule has 0 saturated carbocycles. The summed E-state index contributed by atoms with van der Waals surface area (Å²) in [5.41, 5.74) is 0.0987. The Morgan fingerprint density at radius 2 is 1.57 bits per heavy atom. The zero-order valence-electron chi connectivity index (χ0n) is 16.2. The van der Waals surface area contributed by atoms with Crippen LogP contribution in [0, 0.1) is 0 Å². The number of halogens is 3. The van der Waals surface area contributed by atoms with Crippen LogP contribution in [0.1, 0.15) is 18.1 Å². The number of sulfonamides is 1. The maximum absolute atomic E-state index is 12.6. The van der Waals surface area contributed by atoms with Gasteiger partial charge in [0.05, 0.1) is 17.0 Å². The van der Waals surface area contributed by atoms with Crippen LogP contribution >= 0.6 is 0 Å². The van der Waals surface area contributed by atoms with Crippen molar-refractivity contribution < 1.29 is 31.2 Å². The minimum atomic E-state index is -4.45. The van der Waals surface area contributed by atoms with E-state index in [1.807, 2.05) is 0 Å². The molecule has 2 N–H and O–H groups in total. The first-order chi connectivity index (χ1) is 13.9. The number of likely N-dealkylation sites (N-methyl/N-ethyl adjacent to an activating group) is 1. The molecular weight excluding hydrogens is 423 g/mol. The molecule has 2 amide bonds. The molecular formula is C19H20F3N3O4S. The van der Waals surface area contributed by atoms with E-state index in [-0.39, 0.29) is 17.3 Å². The molecule has 0 atom stereocenters. The predicted molar refractivity (Wildman–Crippen MR) is 104 cm³/mol. The normalized spacial score (nSPS) is 11.8. The first kappa shape index (κ1) is 23.4. The molecule has 11 heteroatoms. The van der Waals surface area contributed by atoms with Crippen LogP contribution in [0.25, 0.3) is 0 Å². The highest BCUT2D eigenvalue weighted by Crippen LogP contribution is 2.29. The van der Waals surface area contributed by atoms with Crippen molar-refractivity contribution in [2.24, 2.45) is 0 Å². The minimum Gasteiger partial charge on any atom is -0.340 e. The molecule has 0 bridgehead atoms. The maximum atomic E-state index is 12.6. The van der Waals surface area contributed by atoms with Gasteiger partial charge in [0.1, 0.15) is 0 Å². The lowest BCUT2D eigenvalue weighted by Crippen LogP contribution is -2.37. The van der Waals surface area contributed by atoms with Gasteiger partial charge in [0.15, 0.2) is 0 Å². The molecule has 0 aliphatic rings. The molecule has 162 valence electrons. The number of rotatable bonds is 7. The Kier molecular flexibility index (Phi) is 7.21. The van der Waals surface area contributed by atoms with Gasteiger partial charge in [0, 0.05) is 26.2 Å². The number of nitrogens with one attached hydrogen (secondary N) is 2. The van der Waals surface area contributed by atoms with Crippen molar-refractivity contribution >= 4 is 27.5 Å². The van der Waals surface area contributed by atoms with Crippen molar-refractivity contribution in [2.45, 2.75) is 24.5 Å². The highest BCUT2D eigenvalue weighted by molar-refractivity contribution is 7.89. The SMILES string of the molecule is CC(=O)Nc1ccc(S(=O)(=O)NCC(=O)N(C)Cc2ccc(C(F)(F)F)cc2)cc1. The van der Waals surface area contributed by atoms with E-state index in [0.29, 0.717) is 11.3 Å². The Morgan fingerprint density at radius 3 is 2.07 bits per heavy atom. The minimum absolute atomic E-state index is 0.0180. The Balaban J connectivity index is 1.94. The van der Waals surface area contributed by atoms with Crippen molar-refractivity contribution in [3.63, 3.8) is 0 Å². The van der Waals surface area contributed by atoms with Crippen LogP contribution in [-0.4, -0.2) is 38.7 Å². The molecule has 0 heterocycles. The third kappa shape index (κ3) is 6.56. The van der Waals surface area contributed by atoms with Crippen molar-refractivity contribution in [1.82, 2.24) is 9.62 Å². The second kappa shape index (κ2) is 9.26. The number of benzene rings is 2. The van der Waals surface area contributed by atoms with Crippen LogP contribution < -0.4 is 10.0 Å². The molecule has 0 aliphatic carbocycles. The van der Waals surface area contributed by atoms with E-state index in [1.54, 1.807) is 0 Å². The fraction of sp³-hybridized carbons (Fsp3) is 0.263. The summed E-state index contributed by atoms with van der Waals surface area (Å²) < 4.78 is 64.6. The molecule has 7 nitrogen and oxygen atoms in total.